The van der Waals surface area contributed by atoms with E-state index in [0.717, 1.165) is 12.1 Å². The first-order valence-corrected chi connectivity index (χ1v) is 7.45. The SMILES string of the molecule is N#C[C@]1(c2ccc(OC(F)F)c(OC(F)F)c2)CC[C@@H](C(=O)O)CC1. The lowest BCUT2D eigenvalue weighted by Gasteiger charge is -2.34. The standard InChI is InChI=1S/C16H15F4NO4/c17-14(18)24-11-2-1-10(7-12(11)25-15(19)20)16(8-21)5-3-9(4-6-16)13(22)23/h1-2,7,9,14-15H,3-6H2,(H,22,23)/t9-,16+. The van der Waals surface area contributed by atoms with E-state index in [0.29, 0.717) is 5.56 Å². The molecule has 1 N–H and O–H groups in total. The zero-order valence-electron chi connectivity index (χ0n) is 12.9. The number of halogens is 4. The highest BCUT2D eigenvalue weighted by molar-refractivity contribution is 5.70. The number of rotatable bonds is 6. The summed E-state index contributed by atoms with van der Waals surface area (Å²) in [5, 5.41) is 18.6. The van der Waals surface area contributed by atoms with Crippen LogP contribution in [0.3, 0.4) is 0 Å². The summed E-state index contributed by atoms with van der Waals surface area (Å²) in [6, 6.07) is 5.56. The Morgan fingerprint density at radius 1 is 1.16 bits per heavy atom. The molecule has 25 heavy (non-hydrogen) atoms. The molecule has 0 saturated heterocycles. The first-order valence-electron chi connectivity index (χ1n) is 7.45. The number of carboxylic acid groups (broad SMARTS) is 1. The van der Waals surface area contributed by atoms with Crippen molar-refractivity contribution in [1.29, 1.82) is 5.26 Å². The van der Waals surface area contributed by atoms with E-state index < -0.39 is 42.0 Å². The van der Waals surface area contributed by atoms with Gasteiger partial charge in [0.05, 0.1) is 17.4 Å². The van der Waals surface area contributed by atoms with Crippen molar-refractivity contribution in [3.05, 3.63) is 23.8 Å². The van der Waals surface area contributed by atoms with Crippen molar-refractivity contribution in [2.45, 2.75) is 44.3 Å². The Labute approximate surface area is 140 Å². The molecular weight excluding hydrogens is 346 g/mol. The molecule has 0 heterocycles. The molecule has 1 aliphatic rings. The lowest BCUT2D eigenvalue weighted by atomic mass is 9.67. The number of carboxylic acids is 1. The molecule has 0 aliphatic heterocycles. The van der Waals surface area contributed by atoms with Crippen LogP contribution in [-0.4, -0.2) is 24.3 Å². The maximum absolute atomic E-state index is 12.5. The Balaban J connectivity index is 2.34. The number of nitrogens with zero attached hydrogens (tertiary/aromatic N) is 1. The van der Waals surface area contributed by atoms with Crippen molar-refractivity contribution in [2.24, 2.45) is 5.92 Å². The predicted molar refractivity (Wildman–Crippen MR) is 76.6 cm³/mol. The Kier molecular flexibility index (Phi) is 5.72. The van der Waals surface area contributed by atoms with Crippen LogP contribution in [0.5, 0.6) is 11.5 Å². The van der Waals surface area contributed by atoms with Gasteiger partial charge in [-0.1, -0.05) is 6.07 Å². The lowest BCUT2D eigenvalue weighted by molar-refractivity contribution is -0.143. The van der Waals surface area contributed by atoms with Crippen molar-refractivity contribution in [1.82, 2.24) is 0 Å². The van der Waals surface area contributed by atoms with Crippen LogP contribution in [0.25, 0.3) is 0 Å². The topological polar surface area (TPSA) is 79.5 Å². The monoisotopic (exact) mass is 361 g/mol. The second-order valence-electron chi connectivity index (χ2n) is 5.72. The Bertz CT molecular complexity index is 667. The van der Waals surface area contributed by atoms with E-state index in [9.17, 15) is 27.6 Å². The third-order valence-corrected chi connectivity index (χ3v) is 4.33. The molecule has 1 aromatic carbocycles. The summed E-state index contributed by atoms with van der Waals surface area (Å²) in [7, 11) is 0. The molecule has 0 aromatic heterocycles. The average Bonchev–Trinajstić information content (AvgIpc) is 2.55. The largest absolute Gasteiger partial charge is 0.481 e. The van der Waals surface area contributed by atoms with Crippen LogP contribution in [0.15, 0.2) is 18.2 Å². The molecule has 1 fully saturated rings. The second-order valence-corrected chi connectivity index (χ2v) is 5.72. The van der Waals surface area contributed by atoms with Crippen LogP contribution in [0, 0.1) is 17.2 Å². The number of nitriles is 1. The molecule has 0 bridgehead atoms. The summed E-state index contributed by atoms with van der Waals surface area (Å²) in [6.45, 7) is -6.47. The van der Waals surface area contributed by atoms with Crippen molar-refractivity contribution < 1.29 is 36.9 Å². The van der Waals surface area contributed by atoms with E-state index >= 15 is 0 Å². The summed E-state index contributed by atoms with van der Waals surface area (Å²) in [6.07, 6.45) is 0.930. The van der Waals surface area contributed by atoms with Crippen molar-refractivity contribution in [2.75, 3.05) is 0 Å². The molecule has 0 amide bonds. The average molecular weight is 361 g/mol. The van der Waals surface area contributed by atoms with Crippen LogP contribution in [-0.2, 0) is 10.2 Å². The number of aliphatic carboxylic acids is 1. The van der Waals surface area contributed by atoms with Crippen LogP contribution in [0.1, 0.15) is 31.2 Å². The van der Waals surface area contributed by atoms with E-state index in [2.05, 4.69) is 15.5 Å². The van der Waals surface area contributed by atoms with Crippen LogP contribution in [0.4, 0.5) is 17.6 Å². The minimum absolute atomic E-state index is 0.212. The highest BCUT2D eigenvalue weighted by Gasteiger charge is 2.39. The third-order valence-electron chi connectivity index (χ3n) is 4.33. The third kappa shape index (κ3) is 4.32. The molecule has 2 rings (SSSR count). The summed E-state index contributed by atoms with van der Waals surface area (Å²) in [5.74, 6) is -2.68. The van der Waals surface area contributed by atoms with Gasteiger partial charge >= 0.3 is 19.2 Å². The van der Waals surface area contributed by atoms with Gasteiger partial charge in [0.2, 0.25) is 0 Å². The minimum atomic E-state index is -3.25. The van der Waals surface area contributed by atoms with E-state index in [1.165, 1.54) is 6.07 Å². The van der Waals surface area contributed by atoms with Crippen molar-refractivity contribution in [3.8, 4) is 17.6 Å². The molecular formula is C16H15F4NO4. The van der Waals surface area contributed by atoms with E-state index in [4.69, 9.17) is 5.11 Å². The number of alkyl halides is 4. The number of hydrogen-bond acceptors (Lipinski definition) is 4. The van der Waals surface area contributed by atoms with Crippen molar-refractivity contribution >= 4 is 5.97 Å². The van der Waals surface area contributed by atoms with Crippen LogP contribution >= 0.6 is 0 Å². The Morgan fingerprint density at radius 3 is 2.20 bits per heavy atom. The van der Waals surface area contributed by atoms with E-state index in [1.54, 1.807) is 0 Å². The van der Waals surface area contributed by atoms with Gasteiger partial charge in [0.15, 0.2) is 11.5 Å². The fraction of sp³-hybridized carbons (Fsp3) is 0.500. The van der Waals surface area contributed by atoms with E-state index in [1.807, 2.05) is 0 Å². The quantitative estimate of drug-likeness (QED) is 0.777. The van der Waals surface area contributed by atoms with Gasteiger partial charge in [0.25, 0.3) is 0 Å². The zero-order valence-corrected chi connectivity index (χ0v) is 12.9. The molecule has 0 spiro atoms. The fourth-order valence-corrected chi connectivity index (χ4v) is 3.01. The fourth-order valence-electron chi connectivity index (χ4n) is 3.01. The lowest BCUT2D eigenvalue weighted by Crippen LogP contribution is -2.33. The summed E-state index contributed by atoms with van der Waals surface area (Å²) in [5.41, 5.74) is -0.786. The van der Waals surface area contributed by atoms with Gasteiger partial charge < -0.3 is 14.6 Å². The summed E-state index contributed by atoms with van der Waals surface area (Å²) < 4.78 is 58.2. The summed E-state index contributed by atoms with van der Waals surface area (Å²) in [4.78, 5) is 11.0. The number of ether oxygens (including phenoxy) is 2. The molecule has 0 atom stereocenters. The van der Waals surface area contributed by atoms with Gasteiger partial charge in [-0.2, -0.15) is 22.8 Å². The van der Waals surface area contributed by atoms with Gasteiger partial charge in [0.1, 0.15) is 0 Å². The predicted octanol–water partition coefficient (Wildman–Crippen LogP) is 3.93. The molecule has 0 unspecified atom stereocenters. The van der Waals surface area contributed by atoms with Gasteiger partial charge in [0, 0.05) is 0 Å². The maximum atomic E-state index is 12.5. The highest BCUT2D eigenvalue weighted by atomic mass is 19.3. The zero-order chi connectivity index (χ0) is 18.6. The minimum Gasteiger partial charge on any atom is -0.481 e. The number of benzene rings is 1. The van der Waals surface area contributed by atoms with Crippen LogP contribution < -0.4 is 9.47 Å². The Hall–Kier alpha value is -2.50. The Morgan fingerprint density at radius 2 is 1.72 bits per heavy atom. The molecule has 136 valence electrons. The highest BCUT2D eigenvalue weighted by Crippen LogP contribution is 2.44. The molecule has 0 radical (unpaired) electrons. The number of carbonyl (C=O) groups is 1. The molecule has 1 aromatic rings. The van der Waals surface area contributed by atoms with Gasteiger partial charge in [-0.15, -0.1) is 0 Å². The van der Waals surface area contributed by atoms with Gasteiger partial charge in [-0.05, 0) is 43.4 Å². The maximum Gasteiger partial charge on any atom is 0.387 e. The first-order chi connectivity index (χ1) is 11.8. The molecule has 1 saturated carbocycles. The number of hydrogen-bond donors (Lipinski definition) is 1. The van der Waals surface area contributed by atoms with Gasteiger partial charge in [-0.3, -0.25) is 4.79 Å². The normalized spacial score (nSPS) is 23.3. The van der Waals surface area contributed by atoms with Crippen LogP contribution in [0.2, 0.25) is 0 Å². The molecule has 9 heteroatoms. The van der Waals surface area contributed by atoms with E-state index in [-0.39, 0.29) is 25.7 Å². The smallest absolute Gasteiger partial charge is 0.387 e. The van der Waals surface area contributed by atoms with Gasteiger partial charge in [-0.25, -0.2) is 0 Å². The molecule has 1 aliphatic carbocycles. The molecule has 5 nitrogen and oxygen atoms in total. The second kappa shape index (κ2) is 7.59. The summed E-state index contributed by atoms with van der Waals surface area (Å²) >= 11 is 0. The first kappa shape index (κ1) is 18.8. The van der Waals surface area contributed by atoms with Crippen molar-refractivity contribution in [3.63, 3.8) is 0 Å².